The molecule has 0 radical (unpaired) electrons. The Morgan fingerprint density at radius 2 is 1.56 bits per heavy atom. The maximum absolute atomic E-state index is 14.9. The fourth-order valence-electron chi connectivity index (χ4n) is 3.54. The second-order valence-corrected chi connectivity index (χ2v) is 14.6. The molecule has 0 bridgehead atoms. The largest absolute Gasteiger partial charge is 0.464 e. The number of hydrogen-bond donors (Lipinski definition) is 3. The van der Waals surface area contributed by atoms with E-state index in [4.69, 9.17) is 18.7 Å². The molecule has 1 aliphatic rings. The monoisotopic (exact) mass is 606 g/mol. The van der Waals surface area contributed by atoms with Crippen LogP contribution in [0.4, 0.5) is 4.39 Å². The van der Waals surface area contributed by atoms with E-state index in [-0.39, 0.29) is 36.0 Å². The molecule has 1 saturated heterocycles. The molecular formula is C26H44FN4O9P. The number of nitrogens with one attached hydrogen (secondary N) is 3. The number of rotatable bonds is 12. The molecule has 0 spiro atoms. The molecule has 15 heteroatoms. The Balaban J connectivity index is 2.17. The molecule has 0 aliphatic carbocycles. The Morgan fingerprint density at radius 1 is 1.07 bits per heavy atom. The van der Waals surface area contributed by atoms with Gasteiger partial charge in [0.25, 0.3) is 5.56 Å². The summed E-state index contributed by atoms with van der Waals surface area (Å²) in [5.74, 6) is -1.41. The van der Waals surface area contributed by atoms with Crippen molar-refractivity contribution < 1.29 is 37.3 Å². The van der Waals surface area contributed by atoms with Gasteiger partial charge in [-0.2, -0.15) is 0 Å². The summed E-state index contributed by atoms with van der Waals surface area (Å²) < 4.78 is 51.7. The first-order valence-corrected chi connectivity index (χ1v) is 15.1. The van der Waals surface area contributed by atoms with E-state index in [2.05, 4.69) is 15.2 Å². The van der Waals surface area contributed by atoms with Crippen molar-refractivity contribution >= 4 is 19.6 Å². The second-order valence-electron chi connectivity index (χ2n) is 12.7. The van der Waals surface area contributed by atoms with Gasteiger partial charge in [-0.1, -0.05) is 41.5 Å². The number of carbonyl (C=O) groups excluding carboxylic acids is 2. The summed E-state index contributed by atoms with van der Waals surface area (Å²) in [6, 6.07) is -2.26. The van der Waals surface area contributed by atoms with E-state index in [0.29, 0.717) is 0 Å². The van der Waals surface area contributed by atoms with Crippen LogP contribution in [0, 0.1) is 17.8 Å². The highest BCUT2D eigenvalue weighted by Crippen LogP contribution is 2.41. The van der Waals surface area contributed by atoms with Gasteiger partial charge in [0.15, 0.2) is 0 Å². The van der Waals surface area contributed by atoms with Crippen molar-refractivity contribution in [2.75, 3.05) is 19.8 Å². The van der Waals surface area contributed by atoms with Gasteiger partial charge in [0.1, 0.15) is 30.6 Å². The number of esters is 2. The first kappa shape index (κ1) is 34.8. The molecule has 234 valence electrons. The minimum absolute atomic E-state index is 0.108. The lowest BCUT2D eigenvalue weighted by atomic mass is 9.99. The molecule has 1 aromatic rings. The van der Waals surface area contributed by atoms with Crippen LogP contribution in [0.1, 0.15) is 73.6 Å². The van der Waals surface area contributed by atoms with E-state index in [1.807, 2.05) is 41.5 Å². The summed E-state index contributed by atoms with van der Waals surface area (Å²) >= 11 is 0. The molecule has 1 aliphatic heterocycles. The maximum Gasteiger partial charge on any atom is 0.342 e. The molecule has 0 unspecified atom stereocenters. The van der Waals surface area contributed by atoms with E-state index in [0.717, 1.165) is 4.57 Å². The van der Waals surface area contributed by atoms with Crippen LogP contribution < -0.4 is 21.4 Å². The lowest BCUT2D eigenvalue weighted by molar-refractivity contribution is -0.148. The van der Waals surface area contributed by atoms with E-state index in [1.165, 1.54) is 27.0 Å². The SMILES string of the molecule is Cc1cn([C@H]2C[C@H](F)[C@@H](COP(=O)(N[C@@H](C)C(=O)OCC(C)(C)C)N[C@@H](C)C(=O)OCC(C)(C)C)O2)c(=O)[nH]c1=O. The molecule has 2 rings (SSSR count). The van der Waals surface area contributed by atoms with Crippen LogP contribution in [0.15, 0.2) is 15.8 Å². The van der Waals surface area contributed by atoms with Crippen molar-refractivity contribution in [2.45, 2.75) is 99.3 Å². The van der Waals surface area contributed by atoms with Crippen molar-refractivity contribution in [2.24, 2.45) is 10.8 Å². The average molecular weight is 607 g/mol. The molecular weight excluding hydrogens is 562 g/mol. The van der Waals surface area contributed by atoms with Gasteiger partial charge in [0.2, 0.25) is 0 Å². The molecule has 0 saturated carbocycles. The number of aromatic nitrogens is 2. The first-order chi connectivity index (χ1) is 18.7. The third-order valence-corrected chi connectivity index (χ3v) is 7.74. The van der Waals surface area contributed by atoms with Gasteiger partial charge in [-0.05, 0) is 31.6 Å². The highest BCUT2D eigenvalue weighted by atomic mass is 31.2. The van der Waals surface area contributed by atoms with E-state index >= 15 is 0 Å². The number of nitrogens with zero attached hydrogens (tertiary/aromatic N) is 1. The maximum atomic E-state index is 14.9. The van der Waals surface area contributed by atoms with E-state index in [9.17, 15) is 28.1 Å². The first-order valence-electron chi connectivity index (χ1n) is 13.4. The molecule has 41 heavy (non-hydrogen) atoms. The summed E-state index contributed by atoms with van der Waals surface area (Å²) in [6.45, 7) is 15.2. The quantitative estimate of drug-likeness (QED) is 0.236. The summed E-state index contributed by atoms with van der Waals surface area (Å²) in [4.78, 5) is 51.2. The number of alkyl halides is 1. The number of ether oxygens (including phenoxy) is 3. The Morgan fingerprint density at radius 3 is 2.02 bits per heavy atom. The zero-order valence-electron chi connectivity index (χ0n) is 25.2. The van der Waals surface area contributed by atoms with Crippen molar-refractivity contribution in [3.63, 3.8) is 0 Å². The van der Waals surface area contributed by atoms with Gasteiger partial charge in [-0.15, -0.1) is 0 Å². The predicted molar refractivity (Wildman–Crippen MR) is 149 cm³/mol. The highest BCUT2D eigenvalue weighted by Gasteiger charge is 2.40. The van der Waals surface area contributed by atoms with Crippen LogP contribution in [0.3, 0.4) is 0 Å². The lowest BCUT2D eigenvalue weighted by Gasteiger charge is -2.28. The van der Waals surface area contributed by atoms with Gasteiger partial charge >= 0.3 is 25.3 Å². The van der Waals surface area contributed by atoms with Crippen LogP contribution in [0.2, 0.25) is 0 Å². The fraction of sp³-hybridized carbons (Fsp3) is 0.769. The van der Waals surface area contributed by atoms with Crippen LogP contribution in [0.25, 0.3) is 0 Å². The smallest absolute Gasteiger partial charge is 0.342 e. The van der Waals surface area contributed by atoms with Crippen LogP contribution in [-0.2, 0) is 32.9 Å². The molecule has 0 amide bonds. The number of hydrogen-bond acceptors (Lipinski definition) is 9. The molecule has 13 nitrogen and oxygen atoms in total. The molecule has 2 heterocycles. The normalized spacial score (nSPS) is 21.4. The van der Waals surface area contributed by atoms with Crippen LogP contribution in [0.5, 0.6) is 0 Å². The van der Waals surface area contributed by atoms with Gasteiger partial charge < -0.3 is 18.7 Å². The third kappa shape index (κ3) is 11.1. The van der Waals surface area contributed by atoms with Crippen molar-refractivity contribution in [3.05, 3.63) is 32.6 Å². The van der Waals surface area contributed by atoms with Crippen molar-refractivity contribution in [1.29, 1.82) is 0 Å². The zero-order valence-corrected chi connectivity index (χ0v) is 26.1. The molecule has 0 aromatic carbocycles. The summed E-state index contributed by atoms with van der Waals surface area (Å²) in [5.41, 5.74) is -1.71. The number of carbonyl (C=O) groups is 2. The Bertz CT molecular complexity index is 1200. The second kappa shape index (κ2) is 13.7. The minimum Gasteiger partial charge on any atom is -0.464 e. The molecule has 1 aromatic heterocycles. The van der Waals surface area contributed by atoms with Crippen LogP contribution in [-0.4, -0.2) is 65.7 Å². The van der Waals surface area contributed by atoms with Crippen molar-refractivity contribution in [1.82, 2.24) is 19.7 Å². The van der Waals surface area contributed by atoms with Crippen molar-refractivity contribution in [3.8, 4) is 0 Å². The fourth-order valence-corrected chi connectivity index (χ4v) is 5.35. The minimum atomic E-state index is -4.23. The number of halogens is 1. The third-order valence-electron chi connectivity index (χ3n) is 5.77. The summed E-state index contributed by atoms with van der Waals surface area (Å²) in [7, 11) is -4.23. The van der Waals surface area contributed by atoms with Gasteiger partial charge in [0.05, 0.1) is 19.8 Å². The number of H-pyrrole nitrogens is 1. The number of aromatic amines is 1. The van der Waals surface area contributed by atoms with E-state index < -0.39 is 68.1 Å². The average Bonchev–Trinajstić information content (AvgIpc) is 3.20. The molecule has 3 N–H and O–H groups in total. The molecule has 1 fully saturated rings. The standard InChI is InChI=1S/C26H44FN4O9P/c1-15-11-31(24(35)28-21(15)32)20-10-18(27)19(40-20)12-39-41(36,29-16(2)22(33)37-13-25(4,5)6)30-17(3)23(34)38-14-26(7,8)9/h11,16-20H,10,12-14H2,1-9H3,(H,28,32,35)(H2,29,30,36)/t16-,17-,18-,19+,20+/m0/s1. The van der Waals surface area contributed by atoms with E-state index in [1.54, 1.807) is 0 Å². The Labute approximate surface area is 239 Å². The van der Waals surface area contributed by atoms with Gasteiger partial charge in [-0.25, -0.2) is 19.4 Å². The van der Waals surface area contributed by atoms with Gasteiger partial charge in [-0.3, -0.25) is 28.5 Å². The van der Waals surface area contributed by atoms with Crippen LogP contribution >= 0.6 is 7.67 Å². The Kier molecular flexibility index (Phi) is 11.7. The summed E-state index contributed by atoms with van der Waals surface area (Å²) in [5, 5.41) is 5.12. The Hall–Kier alpha value is -2.38. The van der Waals surface area contributed by atoms with Gasteiger partial charge in [0, 0.05) is 18.2 Å². The lowest BCUT2D eigenvalue weighted by Crippen LogP contribution is -2.43. The topological polar surface area (TPSA) is 167 Å². The highest BCUT2D eigenvalue weighted by molar-refractivity contribution is 7.54. The number of aryl methyl sites for hydroxylation is 1. The summed E-state index contributed by atoms with van der Waals surface area (Å²) in [6.07, 6.45) is -2.86. The molecule has 5 atom stereocenters. The predicted octanol–water partition coefficient (Wildman–Crippen LogP) is 2.73. The zero-order chi connectivity index (χ0) is 31.3.